The molecule has 0 saturated carbocycles. The number of methoxy groups -OCH3 is 1. The van der Waals surface area contributed by atoms with Crippen LogP contribution in [0.25, 0.3) is 0 Å². The fourth-order valence-electron chi connectivity index (χ4n) is 1.82. The van der Waals surface area contributed by atoms with Gasteiger partial charge < -0.3 is 15.8 Å². The van der Waals surface area contributed by atoms with Crippen molar-refractivity contribution in [1.82, 2.24) is 9.97 Å². The summed E-state index contributed by atoms with van der Waals surface area (Å²) in [5.41, 5.74) is 7.03. The summed E-state index contributed by atoms with van der Waals surface area (Å²) in [4.78, 5) is 8.33. The molecule has 2 rings (SSSR count). The first-order valence-corrected chi connectivity index (χ1v) is 6.18. The van der Waals surface area contributed by atoms with Gasteiger partial charge in [0, 0.05) is 12.6 Å². The minimum absolute atomic E-state index is 0.115. The van der Waals surface area contributed by atoms with Crippen LogP contribution in [0.4, 0.5) is 5.82 Å². The van der Waals surface area contributed by atoms with Crippen molar-refractivity contribution in [3.05, 3.63) is 48.3 Å². The van der Waals surface area contributed by atoms with E-state index < -0.39 is 0 Å². The highest BCUT2D eigenvalue weighted by atomic mass is 16.5. The zero-order valence-corrected chi connectivity index (χ0v) is 10.9. The topological polar surface area (TPSA) is 73.1 Å². The third kappa shape index (κ3) is 3.93. The molecule has 0 aliphatic rings. The van der Waals surface area contributed by atoms with Crippen molar-refractivity contribution in [2.24, 2.45) is 5.73 Å². The van der Waals surface area contributed by atoms with Crippen molar-refractivity contribution in [1.29, 1.82) is 0 Å². The number of nitrogens with zero attached hydrogens (tertiary/aromatic N) is 2. The smallest absolute Gasteiger partial charge is 0.233 e. The second kappa shape index (κ2) is 6.70. The van der Waals surface area contributed by atoms with E-state index in [0.717, 1.165) is 6.42 Å². The monoisotopic (exact) mass is 258 g/mol. The Kier molecular flexibility index (Phi) is 4.69. The van der Waals surface area contributed by atoms with E-state index in [9.17, 15) is 0 Å². The normalized spacial score (nSPS) is 11.9. The Labute approximate surface area is 112 Å². The molecule has 1 aromatic heterocycles. The van der Waals surface area contributed by atoms with Crippen LogP contribution in [-0.4, -0.2) is 29.7 Å². The molecule has 0 spiro atoms. The van der Waals surface area contributed by atoms with Crippen LogP contribution >= 0.6 is 0 Å². The zero-order valence-electron chi connectivity index (χ0n) is 10.9. The molecule has 1 aromatic carbocycles. The van der Waals surface area contributed by atoms with Gasteiger partial charge in [0.25, 0.3) is 0 Å². The molecule has 0 bridgehead atoms. The Morgan fingerprint density at radius 1 is 1.26 bits per heavy atom. The first kappa shape index (κ1) is 13.3. The highest BCUT2D eigenvalue weighted by Crippen LogP contribution is 2.11. The van der Waals surface area contributed by atoms with Gasteiger partial charge in [-0.05, 0) is 12.0 Å². The molecule has 0 amide bonds. The van der Waals surface area contributed by atoms with Crippen LogP contribution in [0.2, 0.25) is 0 Å². The third-order valence-corrected chi connectivity index (χ3v) is 2.78. The molecule has 2 aromatic rings. The lowest BCUT2D eigenvalue weighted by Crippen LogP contribution is -2.31. The molecule has 0 aliphatic carbocycles. The first-order chi connectivity index (χ1) is 9.31. The van der Waals surface area contributed by atoms with Crippen LogP contribution in [0.1, 0.15) is 5.56 Å². The predicted octanol–water partition coefficient (Wildman–Crippen LogP) is 1.47. The van der Waals surface area contributed by atoms with Gasteiger partial charge in [0.15, 0.2) is 0 Å². The van der Waals surface area contributed by atoms with E-state index in [4.69, 9.17) is 10.5 Å². The zero-order chi connectivity index (χ0) is 13.5. The van der Waals surface area contributed by atoms with Crippen molar-refractivity contribution < 1.29 is 4.74 Å². The number of nitrogens with one attached hydrogen (secondary N) is 1. The second-order valence-electron chi connectivity index (χ2n) is 4.21. The van der Waals surface area contributed by atoms with E-state index >= 15 is 0 Å². The van der Waals surface area contributed by atoms with Crippen molar-refractivity contribution in [3.8, 4) is 5.88 Å². The fourth-order valence-corrected chi connectivity index (χ4v) is 1.82. The van der Waals surface area contributed by atoms with Crippen molar-refractivity contribution in [3.63, 3.8) is 0 Å². The summed E-state index contributed by atoms with van der Waals surface area (Å²) in [6.45, 7) is 0.522. The number of benzene rings is 1. The summed E-state index contributed by atoms with van der Waals surface area (Å²) in [6.07, 6.45) is 4.08. The Hall–Kier alpha value is -2.14. The van der Waals surface area contributed by atoms with Gasteiger partial charge in [0.05, 0.1) is 19.5 Å². The van der Waals surface area contributed by atoms with Gasteiger partial charge in [0.2, 0.25) is 5.88 Å². The van der Waals surface area contributed by atoms with Gasteiger partial charge in [-0.2, -0.15) is 4.98 Å². The number of hydrogen-bond donors (Lipinski definition) is 2. The highest BCUT2D eigenvalue weighted by Gasteiger charge is 2.09. The van der Waals surface area contributed by atoms with Crippen LogP contribution in [0.15, 0.2) is 42.7 Å². The van der Waals surface area contributed by atoms with E-state index in [1.54, 1.807) is 19.5 Å². The Morgan fingerprint density at radius 2 is 2.05 bits per heavy atom. The summed E-state index contributed by atoms with van der Waals surface area (Å²) >= 11 is 0. The molecule has 100 valence electrons. The molecule has 5 nitrogen and oxygen atoms in total. The molecule has 0 fully saturated rings. The van der Waals surface area contributed by atoms with Gasteiger partial charge in [-0.25, -0.2) is 0 Å². The maximum atomic E-state index is 5.80. The van der Waals surface area contributed by atoms with Gasteiger partial charge >= 0.3 is 0 Å². The SMILES string of the molecule is COc1cncc(NC(CN)Cc2ccccc2)n1. The van der Waals surface area contributed by atoms with Gasteiger partial charge in [-0.15, -0.1) is 0 Å². The van der Waals surface area contributed by atoms with Gasteiger partial charge in [-0.1, -0.05) is 30.3 Å². The number of rotatable bonds is 6. The Balaban J connectivity index is 2.02. The van der Waals surface area contributed by atoms with Crippen LogP contribution < -0.4 is 15.8 Å². The van der Waals surface area contributed by atoms with Crippen LogP contribution in [0, 0.1) is 0 Å². The standard InChI is InChI=1S/C14H18N4O/c1-19-14-10-16-9-13(18-14)17-12(8-15)7-11-5-3-2-4-6-11/h2-6,9-10,12H,7-8,15H2,1H3,(H,17,18). The minimum atomic E-state index is 0.115. The summed E-state index contributed by atoms with van der Waals surface area (Å²) in [5.74, 6) is 1.16. The molecule has 0 aliphatic heterocycles. The van der Waals surface area contributed by atoms with Crippen molar-refractivity contribution in [2.45, 2.75) is 12.5 Å². The van der Waals surface area contributed by atoms with Crippen LogP contribution in [0.3, 0.4) is 0 Å². The third-order valence-electron chi connectivity index (χ3n) is 2.78. The molecule has 19 heavy (non-hydrogen) atoms. The van der Waals surface area contributed by atoms with Gasteiger partial charge in [0.1, 0.15) is 5.82 Å². The fraction of sp³-hybridized carbons (Fsp3) is 0.286. The predicted molar refractivity (Wildman–Crippen MR) is 75.2 cm³/mol. The number of ether oxygens (including phenoxy) is 1. The van der Waals surface area contributed by atoms with Crippen LogP contribution in [0.5, 0.6) is 5.88 Å². The summed E-state index contributed by atoms with van der Waals surface area (Å²) in [5, 5.41) is 3.27. The maximum absolute atomic E-state index is 5.80. The highest BCUT2D eigenvalue weighted by molar-refractivity contribution is 5.35. The average molecular weight is 258 g/mol. The first-order valence-electron chi connectivity index (χ1n) is 6.18. The molecular formula is C14H18N4O. The molecule has 1 unspecified atom stereocenters. The summed E-state index contributed by atoms with van der Waals surface area (Å²) < 4.78 is 5.04. The summed E-state index contributed by atoms with van der Waals surface area (Å²) in [6, 6.07) is 10.3. The average Bonchev–Trinajstić information content (AvgIpc) is 2.48. The Bertz CT molecular complexity index is 504. The number of anilines is 1. The molecule has 5 heteroatoms. The Morgan fingerprint density at radius 3 is 2.74 bits per heavy atom. The minimum Gasteiger partial charge on any atom is -0.480 e. The molecule has 1 heterocycles. The quantitative estimate of drug-likeness (QED) is 0.820. The number of hydrogen-bond acceptors (Lipinski definition) is 5. The van der Waals surface area contributed by atoms with E-state index in [0.29, 0.717) is 18.2 Å². The lowest BCUT2D eigenvalue weighted by molar-refractivity contribution is 0.396. The largest absolute Gasteiger partial charge is 0.480 e. The van der Waals surface area contributed by atoms with Crippen molar-refractivity contribution in [2.75, 3.05) is 19.0 Å². The van der Waals surface area contributed by atoms with E-state index in [1.807, 2.05) is 18.2 Å². The lowest BCUT2D eigenvalue weighted by atomic mass is 10.1. The molecule has 1 atom stereocenters. The number of aromatic nitrogens is 2. The second-order valence-corrected chi connectivity index (χ2v) is 4.21. The molecule has 0 radical (unpaired) electrons. The lowest BCUT2D eigenvalue weighted by Gasteiger charge is -2.17. The maximum Gasteiger partial charge on any atom is 0.233 e. The molecule has 3 N–H and O–H groups in total. The molecule has 0 saturated heterocycles. The van der Waals surface area contributed by atoms with E-state index in [-0.39, 0.29) is 6.04 Å². The van der Waals surface area contributed by atoms with E-state index in [2.05, 4.69) is 27.4 Å². The van der Waals surface area contributed by atoms with Crippen molar-refractivity contribution >= 4 is 5.82 Å². The number of nitrogens with two attached hydrogens (primary N) is 1. The van der Waals surface area contributed by atoms with Gasteiger partial charge in [-0.3, -0.25) is 4.98 Å². The summed E-state index contributed by atoms with van der Waals surface area (Å²) in [7, 11) is 1.57. The van der Waals surface area contributed by atoms with E-state index in [1.165, 1.54) is 5.56 Å². The van der Waals surface area contributed by atoms with Crippen LogP contribution in [-0.2, 0) is 6.42 Å². The molecular weight excluding hydrogens is 240 g/mol.